The van der Waals surface area contributed by atoms with Crippen LogP contribution >= 0.6 is 0 Å². The van der Waals surface area contributed by atoms with Gasteiger partial charge in [0.15, 0.2) is 0 Å². The van der Waals surface area contributed by atoms with Gasteiger partial charge in [0.25, 0.3) is 0 Å². The van der Waals surface area contributed by atoms with E-state index < -0.39 is 11.9 Å². The molecule has 0 unspecified atom stereocenters. The first-order valence-electron chi connectivity index (χ1n) is 9.73. The van der Waals surface area contributed by atoms with E-state index in [1.807, 2.05) is 36.4 Å². The van der Waals surface area contributed by atoms with Crippen LogP contribution in [0.4, 0.5) is 0 Å². The average Bonchev–Trinajstić information content (AvgIpc) is 2.80. The molecule has 0 saturated heterocycles. The van der Waals surface area contributed by atoms with Crippen molar-refractivity contribution in [2.24, 2.45) is 0 Å². The topological polar surface area (TPSA) is 276 Å². The Morgan fingerprint density at radius 2 is 0.919 bits per heavy atom. The van der Waals surface area contributed by atoms with Crippen LogP contribution in [0.2, 0.25) is 0 Å². The fourth-order valence-electron chi connectivity index (χ4n) is 2.36. The number of rotatable bonds is 2. The predicted molar refractivity (Wildman–Crippen MR) is 135 cm³/mol. The first kappa shape index (κ1) is 43.5. The minimum absolute atomic E-state index is 0. The number of fused-ring (bicyclic) bond motifs is 2. The molecule has 12 nitrogen and oxygen atoms in total. The fourth-order valence-corrected chi connectivity index (χ4v) is 2.36. The summed E-state index contributed by atoms with van der Waals surface area (Å²) in [6.07, 6.45) is 0. The normalized spacial score (nSPS) is 8.11. The summed E-state index contributed by atoms with van der Waals surface area (Å²) in [6.45, 7) is 3.86. The number of aromatic nitrogens is 2. The van der Waals surface area contributed by atoms with Gasteiger partial charge in [0.05, 0.1) is 34.4 Å². The number of carbonyl (C=O) groups excluding carboxylic acids is 2. The second-order valence-corrected chi connectivity index (χ2v) is 5.99. The zero-order chi connectivity index (χ0) is 23.9. The van der Waals surface area contributed by atoms with Gasteiger partial charge < -0.3 is 51.9 Å². The van der Waals surface area contributed by atoms with Gasteiger partial charge in [-0.05, 0) is 38.1 Å². The van der Waals surface area contributed by atoms with Gasteiger partial charge in [-0.15, -0.1) is 0 Å². The first-order valence-corrected chi connectivity index (χ1v) is 9.73. The molecule has 37 heavy (non-hydrogen) atoms. The van der Waals surface area contributed by atoms with Gasteiger partial charge in [-0.2, -0.15) is 0 Å². The van der Waals surface area contributed by atoms with Crippen LogP contribution < -0.4 is 10.2 Å². The molecule has 12 N–H and O–H groups in total. The average molecular weight is 565 g/mol. The quantitative estimate of drug-likeness (QED) is 0.196. The van der Waals surface area contributed by atoms with Crippen molar-refractivity contribution in [1.82, 2.24) is 9.97 Å². The molecule has 1 radical (unpaired) electrons. The van der Waals surface area contributed by atoms with E-state index in [4.69, 9.17) is 10.2 Å². The van der Waals surface area contributed by atoms with Crippen molar-refractivity contribution in [3.8, 4) is 0 Å². The van der Waals surface area contributed by atoms with Crippen LogP contribution in [0.1, 0.15) is 34.8 Å². The number of aliphatic hydroxyl groups excluding tert-OH is 2. The predicted octanol–water partition coefficient (Wildman–Crippen LogP) is -2.30. The van der Waals surface area contributed by atoms with Crippen molar-refractivity contribution in [1.29, 1.82) is 0 Å². The summed E-state index contributed by atoms with van der Waals surface area (Å²) < 4.78 is 0. The molecule has 0 aliphatic carbocycles. The number of para-hydroxylation sites is 2. The van der Waals surface area contributed by atoms with Gasteiger partial charge >= 0.3 is 17.1 Å². The van der Waals surface area contributed by atoms with E-state index in [9.17, 15) is 19.8 Å². The summed E-state index contributed by atoms with van der Waals surface area (Å²) in [5.74, 6) is -2.49. The Morgan fingerprint density at radius 1 is 0.649 bits per heavy atom. The molecular formula is C24H34MnN2O10+2. The number of benzene rings is 2. The Bertz CT molecular complexity index is 1070. The zero-order valence-electron chi connectivity index (χ0n) is 20.3. The molecule has 0 atom stereocenters. The molecule has 13 heteroatoms. The second-order valence-electron chi connectivity index (χ2n) is 5.99. The SMILES string of the molecule is CCO.CCO.O.O.O=C([O-])c1ccc2ccccc2n1.O=C([O-])c1ccc2ccccc2n1.[Mn+2].[OH3+].[OH3+]. The van der Waals surface area contributed by atoms with E-state index in [2.05, 4.69) is 9.97 Å². The van der Waals surface area contributed by atoms with E-state index in [1.54, 1.807) is 38.1 Å². The number of carboxylic acids is 2. The van der Waals surface area contributed by atoms with Crippen LogP contribution in [0.15, 0.2) is 72.8 Å². The van der Waals surface area contributed by atoms with Gasteiger partial charge in [0.2, 0.25) is 0 Å². The number of carbonyl (C=O) groups is 2. The summed E-state index contributed by atoms with van der Waals surface area (Å²) >= 11 is 0. The van der Waals surface area contributed by atoms with Gasteiger partial charge in [0.1, 0.15) is 0 Å². The number of pyridine rings is 2. The zero-order valence-corrected chi connectivity index (χ0v) is 21.5. The Morgan fingerprint density at radius 3 is 1.19 bits per heavy atom. The van der Waals surface area contributed by atoms with Gasteiger partial charge in [0, 0.05) is 24.0 Å². The first-order chi connectivity index (χ1) is 15.4. The molecule has 205 valence electrons. The Kier molecular flexibility index (Phi) is 28.5. The largest absolute Gasteiger partial charge is 2.00 e. The molecule has 2 aromatic carbocycles. The molecule has 4 rings (SSSR count). The van der Waals surface area contributed by atoms with Crippen LogP contribution in [0, 0.1) is 0 Å². The standard InChI is InChI=1S/2C10H7NO2.2C2H6O.Mn.4H2O/c2*12-10(13)9-6-5-7-3-1-2-4-8(7)11-9;2*1-2-3;;;;;/h2*1-6H,(H,12,13);2*3H,2H2,1H3;;4*1H2/q;;;;+2;;;;. The van der Waals surface area contributed by atoms with Crippen molar-refractivity contribution >= 4 is 33.7 Å². The summed E-state index contributed by atoms with van der Waals surface area (Å²) in [4.78, 5) is 28.8. The van der Waals surface area contributed by atoms with Crippen LogP contribution in [0.3, 0.4) is 0 Å². The van der Waals surface area contributed by atoms with Crippen LogP contribution in [-0.2, 0) is 28.0 Å². The second kappa shape index (κ2) is 24.2. The van der Waals surface area contributed by atoms with E-state index in [0.717, 1.165) is 10.8 Å². The van der Waals surface area contributed by atoms with Crippen LogP contribution in [0.25, 0.3) is 21.8 Å². The number of hydrogen-bond donors (Lipinski definition) is 2. The molecule has 0 spiro atoms. The van der Waals surface area contributed by atoms with Crippen molar-refractivity contribution in [2.45, 2.75) is 13.8 Å². The Hall–Kier alpha value is -3.52. The van der Waals surface area contributed by atoms with Gasteiger partial charge in [-0.25, -0.2) is 9.97 Å². The number of nitrogens with zero attached hydrogens (tertiary/aromatic N) is 2. The van der Waals surface area contributed by atoms with Crippen molar-refractivity contribution in [3.63, 3.8) is 0 Å². The van der Waals surface area contributed by atoms with Crippen molar-refractivity contribution in [2.75, 3.05) is 13.2 Å². The number of hydrogen-bond acceptors (Lipinski definition) is 8. The fraction of sp³-hybridized carbons (Fsp3) is 0.167. The number of carboxylic acid groups (broad SMARTS) is 2. The van der Waals surface area contributed by atoms with Crippen LogP contribution in [-0.4, -0.2) is 56.3 Å². The number of aliphatic hydroxyl groups is 2. The smallest absolute Gasteiger partial charge is 0.543 e. The molecule has 4 aromatic rings. The van der Waals surface area contributed by atoms with E-state index in [-0.39, 0.29) is 63.6 Å². The van der Waals surface area contributed by atoms with Crippen molar-refractivity contribution in [3.05, 3.63) is 84.2 Å². The van der Waals surface area contributed by atoms with Crippen LogP contribution in [0.5, 0.6) is 0 Å². The van der Waals surface area contributed by atoms with E-state index in [0.29, 0.717) is 11.0 Å². The van der Waals surface area contributed by atoms with Gasteiger partial charge in [-0.3, -0.25) is 0 Å². The molecule has 0 bridgehead atoms. The Labute approximate surface area is 224 Å². The third-order valence-corrected chi connectivity index (χ3v) is 3.62. The summed E-state index contributed by atoms with van der Waals surface area (Å²) in [5.41, 5.74) is 1.28. The monoisotopic (exact) mass is 565 g/mol. The molecule has 2 aromatic heterocycles. The summed E-state index contributed by atoms with van der Waals surface area (Å²) in [6, 6.07) is 21.0. The Balaban J connectivity index is -0.000000137. The molecule has 0 fully saturated rings. The maximum atomic E-state index is 10.5. The molecular weight excluding hydrogens is 531 g/mol. The summed E-state index contributed by atoms with van der Waals surface area (Å²) in [7, 11) is 0. The van der Waals surface area contributed by atoms with Crippen molar-refractivity contribution < 1.29 is 69.0 Å². The molecule has 0 saturated carbocycles. The maximum Gasteiger partial charge on any atom is 2.00 e. The minimum Gasteiger partial charge on any atom is -0.543 e. The third kappa shape index (κ3) is 15.3. The maximum absolute atomic E-state index is 10.5. The van der Waals surface area contributed by atoms with Gasteiger partial charge in [-0.1, -0.05) is 48.5 Å². The molecule has 0 amide bonds. The molecule has 0 aliphatic heterocycles. The molecule has 2 heterocycles. The summed E-state index contributed by atoms with van der Waals surface area (Å²) in [5, 5.41) is 37.9. The third-order valence-electron chi connectivity index (χ3n) is 3.62. The minimum atomic E-state index is -1.24. The van der Waals surface area contributed by atoms with E-state index in [1.165, 1.54) is 12.1 Å². The number of aromatic carboxylic acids is 2. The van der Waals surface area contributed by atoms with E-state index >= 15 is 0 Å². The molecule has 0 aliphatic rings.